The van der Waals surface area contributed by atoms with Gasteiger partial charge in [0.15, 0.2) is 5.58 Å². The third-order valence-electron chi connectivity index (χ3n) is 5.19. The first kappa shape index (κ1) is 18.2. The standard InChI is InChI=1S/C20H23N5O3/c1-12-9-15(19(27)22-13(12)2)23-17(26)10-14-5-4-8-25(11-14)20-24-18-16(28-20)6-3-7-21-18/h3,6-7,9,14H,4-5,8,10-11H2,1-2H3,(H,22,27)(H,23,26). The van der Waals surface area contributed by atoms with E-state index in [9.17, 15) is 9.59 Å². The van der Waals surface area contributed by atoms with E-state index in [4.69, 9.17) is 4.42 Å². The number of rotatable bonds is 4. The molecule has 1 unspecified atom stereocenters. The second-order valence-electron chi connectivity index (χ2n) is 7.35. The monoisotopic (exact) mass is 381 g/mol. The number of aromatic nitrogens is 3. The zero-order valence-corrected chi connectivity index (χ0v) is 16.0. The third-order valence-corrected chi connectivity index (χ3v) is 5.19. The van der Waals surface area contributed by atoms with Crippen LogP contribution in [0.1, 0.15) is 30.5 Å². The first-order valence-corrected chi connectivity index (χ1v) is 9.46. The lowest BCUT2D eigenvalue weighted by Gasteiger charge is -2.31. The molecule has 3 aromatic rings. The molecule has 8 nitrogen and oxygen atoms in total. The number of aromatic amines is 1. The van der Waals surface area contributed by atoms with Crippen molar-refractivity contribution in [3.63, 3.8) is 0 Å². The Labute approximate surface area is 162 Å². The number of fused-ring (bicyclic) bond motifs is 1. The Morgan fingerprint density at radius 3 is 3.11 bits per heavy atom. The largest absolute Gasteiger partial charge is 0.422 e. The Bertz CT molecular complexity index is 1040. The summed E-state index contributed by atoms with van der Waals surface area (Å²) in [6.07, 6.45) is 3.94. The van der Waals surface area contributed by atoms with Crippen LogP contribution in [0.5, 0.6) is 0 Å². The van der Waals surface area contributed by atoms with Gasteiger partial charge >= 0.3 is 0 Å². The SMILES string of the molecule is Cc1cc(NC(=O)CC2CCCN(c3nc4ncccc4o3)C2)c(=O)[nH]c1C. The second kappa shape index (κ2) is 7.46. The summed E-state index contributed by atoms with van der Waals surface area (Å²) in [6, 6.07) is 5.92. The molecule has 3 aromatic heterocycles. The average molecular weight is 381 g/mol. The van der Waals surface area contributed by atoms with E-state index < -0.39 is 0 Å². The van der Waals surface area contributed by atoms with Gasteiger partial charge in [-0.05, 0) is 56.4 Å². The highest BCUT2D eigenvalue weighted by Gasteiger charge is 2.25. The summed E-state index contributed by atoms with van der Waals surface area (Å²) in [6.45, 7) is 5.25. The summed E-state index contributed by atoms with van der Waals surface area (Å²) in [7, 11) is 0. The molecule has 0 aliphatic carbocycles. The summed E-state index contributed by atoms with van der Waals surface area (Å²) >= 11 is 0. The van der Waals surface area contributed by atoms with E-state index in [0.717, 1.165) is 30.6 Å². The highest BCUT2D eigenvalue weighted by Crippen LogP contribution is 2.27. The number of hydrogen-bond donors (Lipinski definition) is 2. The minimum atomic E-state index is -0.277. The number of amides is 1. The van der Waals surface area contributed by atoms with Crippen LogP contribution < -0.4 is 15.8 Å². The summed E-state index contributed by atoms with van der Waals surface area (Å²) in [5.41, 5.74) is 3.01. The van der Waals surface area contributed by atoms with Crippen molar-refractivity contribution < 1.29 is 9.21 Å². The van der Waals surface area contributed by atoms with Crippen molar-refractivity contribution in [3.05, 3.63) is 46.0 Å². The lowest BCUT2D eigenvalue weighted by molar-refractivity contribution is -0.117. The van der Waals surface area contributed by atoms with Crippen molar-refractivity contribution in [2.24, 2.45) is 5.92 Å². The molecule has 1 saturated heterocycles. The van der Waals surface area contributed by atoms with Gasteiger partial charge in [-0.1, -0.05) is 0 Å². The summed E-state index contributed by atoms with van der Waals surface area (Å²) in [5, 5.41) is 2.75. The molecule has 1 fully saturated rings. The van der Waals surface area contributed by atoms with Crippen LogP contribution in [-0.4, -0.2) is 33.9 Å². The van der Waals surface area contributed by atoms with Crippen LogP contribution in [0.15, 0.2) is 33.6 Å². The van der Waals surface area contributed by atoms with Crippen molar-refractivity contribution in [2.45, 2.75) is 33.1 Å². The first-order chi connectivity index (χ1) is 13.5. The fourth-order valence-electron chi connectivity index (χ4n) is 3.58. The Kier molecular flexibility index (Phi) is 4.85. The van der Waals surface area contributed by atoms with Gasteiger partial charge in [-0.15, -0.1) is 0 Å². The van der Waals surface area contributed by atoms with Crippen molar-refractivity contribution >= 4 is 28.8 Å². The lowest BCUT2D eigenvalue weighted by atomic mass is 9.94. The van der Waals surface area contributed by atoms with Crippen LogP contribution in [0.2, 0.25) is 0 Å². The zero-order valence-electron chi connectivity index (χ0n) is 16.0. The molecule has 0 bridgehead atoms. The van der Waals surface area contributed by atoms with Gasteiger partial charge in [0.2, 0.25) is 11.6 Å². The van der Waals surface area contributed by atoms with Gasteiger partial charge in [-0.2, -0.15) is 4.98 Å². The Balaban J connectivity index is 1.41. The number of carbonyl (C=O) groups is 1. The van der Waals surface area contributed by atoms with E-state index in [-0.39, 0.29) is 17.4 Å². The maximum Gasteiger partial charge on any atom is 0.299 e. The topological polar surface area (TPSA) is 104 Å². The fourth-order valence-corrected chi connectivity index (χ4v) is 3.58. The minimum absolute atomic E-state index is 0.153. The lowest BCUT2D eigenvalue weighted by Crippen LogP contribution is -2.37. The molecule has 146 valence electrons. The van der Waals surface area contributed by atoms with Crippen LogP contribution >= 0.6 is 0 Å². The number of carbonyl (C=O) groups excluding carboxylic acids is 1. The zero-order chi connectivity index (χ0) is 19.7. The van der Waals surface area contributed by atoms with Gasteiger partial charge < -0.3 is 19.6 Å². The quantitative estimate of drug-likeness (QED) is 0.720. The van der Waals surface area contributed by atoms with Crippen LogP contribution in [0.4, 0.5) is 11.7 Å². The molecular formula is C20H23N5O3. The van der Waals surface area contributed by atoms with Crippen LogP contribution in [-0.2, 0) is 4.79 Å². The van der Waals surface area contributed by atoms with Crippen LogP contribution in [0.25, 0.3) is 11.2 Å². The smallest absolute Gasteiger partial charge is 0.299 e. The maximum absolute atomic E-state index is 12.5. The second-order valence-corrected chi connectivity index (χ2v) is 7.35. The van der Waals surface area contributed by atoms with Gasteiger partial charge in [-0.25, -0.2) is 4.98 Å². The van der Waals surface area contributed by atoms with E-state index in [0.29, 0.717) is 35.9 Å². The normalized spacial score (nSPS) is 17.1. The first-order valence-electron chi connectivity index (χ1n) is 9.46. The molecular weight excluding hydrogens is 358 g/mol. The predicted octanol–water partition coefficient (Wildman–Crippen LogP) is 2.77. The molecule has 2 N–H and O–H groups in total. The summed E-state index contributed by atoms with van der Waals surface area (Å²) in [4.78, 5) is 38.0. The van der Waals surface area contributed by atoms with E-state index in [1.165, 1.54) is 0 Å². The van der Waals surface area contributed by atoms with Crippen molar-refractivity contribution in [1.82, 2.24) is 15.0 Å². The van der Waals surface area contributed by atoms with Gasteiger partial charge in [0.25, 0.3) is 11.6 Å². The number of H-pyrrole nitrogens is 1. The number of pyridine rings is 2. The molecule has 28 heavy (non-hydrogen) atoms. The molecule has 0 spiro atoms. The molecule has 1 aliphatic rings. The molecule has 1 aliphatic heterocycles. The van der Waals surface area contributed by atoms with E-state index >= 15 is 0 Å². The molecule has 4 rings (SSSR count). The molecule has 1 atom stereocenters. The van der Waals surface area contributed by atoms with Gasteiger partial charge in [-0.3, -0.25) is 9.59 Å². The number of hydrogen-bond acceptors (Lipinski definition) is 6. The molecule has 0 aromatic carbocycles. The fraction of sp³-hybridized carbons (Fsp3) is 0.400. The van der Waals surface area contributed by atoms with Gasteiger partial charge in [0.1, 0.15) is 5.69 Å². The number of anilines is 2. The van der Waals surface area contributed by atoms with Gasteiger partial charge in [0, 0.05) is 31.4 Å². The van der Waals surface area contributed by atoms with Crippen LogP contribution in [0, 0.1) is 19.8 Å². The molecule has 1 amide bonds. The Hall–Kier alpha value is -3.16. The number of aryl methyl sites for hydroxylation is 2. The molecule has 0 saturated carbocycles. The third kappa shape index (κ3) is 3.76. The highest BCUT2D eigenvalue weighted by molar-refractivity contribution is 5.90. The van der Waals surface area contributed by atoms with Gasteiger partial charge in [0.05, 0.1) is 0 Å². The average Bonchev–Trinajstić information content (AvgIpc) is 3.10. The van der Waals surface area contributed by atoms with E-state index in [1.807, 2.05) is 26.0 Å². The number of oxazole rings is 1. The van der Waals surface area contributed by atoms with Crippen molar-refractivity contribution in [2.75, 3.05) is 23.3 Å². The van der Waals surface area contributed by atoms with Crippen LogP contribution in [0.3, 0.4) is 0 Å². The van der Waals surface area contributed by atoms with E-state index in [2.05, 4.69) is 25.2 Å². The number of piperidine rings is 1. The molecule has 0 radical (unpaired) electrons. The summed E-state index contributed by atoms with van der Waals surface area (Å²) < 4.78 is 5.80. The Morgan fingerprint density at radius 2 is 2.29 bits per heavy atom. The Morgan fingerprint density at radius 1 is 1.43 bits per heavy atom. The number of nitrogens with zero attached hydrogens (tertiary/aromatic N) is 3. The minimum Gasteiger partial charge on any atom is -0.422 e. The predicted molar refractivity (Wildman–Crippen MR) is 107 cm³/mol. The highest BCUT2D eigenvalue weighted by atomic mass is 16.4. The van der Waals surface area contributed by atoms with Crippen molar-refractivity contribution in [3.8, 4) is 0 Å². The summed E-state index contributed by atoms with van der Waals surface area (Å²) in [5.74, 6) is 0.0159. The van der Waals surface area contributed by atoms with E-state index in [1.54, 1.807) is 12.3 Å². The maximum atomic E-state index is 12.5. The molecule has 4 heterocycles. The number of nitrogens with one attached hydrogen (secondary N) is 2. The molecule has 8 heteroatoms. The van der Waals surface area contributed by atoms with Crippen molar-refractivity contribution in [1.29, 1.82) is 0 Å².